The molecule has 39 heavy (non-hydrogen) atoms. The molecule has 1 aromatic heterocycles. The quantitative estimate of drug-likeness (QED) is 0.336. The number of ether oxygens (including phenoxy) is 3. The van der Waals surface area contributed by atoms with Crippen molar-refractivity contribution >= 4 is 40.7 Å². The fraction of sp³-hybridized carbons (Fsp3) is 0.138. The highest BCUT2D eigenvalue weighted by molar-refractivity contribution is 7.07. The first kappa shape index (κ1) is 25.1. The van der Waals surface area contributed by atoms with Crippen LogP contribution in [0.15, 0.2) is 82.1 Å². The van der Waals surface area contributed by atoms with Crippen molar-refractivity contribution in [3.05, 3.63) is 120 Å². The topological polar surface area (TPSA) is 79.1 Å². The van der Waals surface area contributed by atoms with Crippen molar-refractivity contribution in [1.82, 2.24) is 4.57 Å². The maximum Gasteiger partial charge on any atom is 0.338 e. The largest absolute Gasteiger partial charge is 0.463 e. The number of benzene rings is 3. The highest BCUT2D eigenvalue weighted by Gasteiger charge is 2.35. The number of thiazole rings is 1. The fourth-order valence-corrected chi connectivity index (χ4v) is 5.79. The third-order valence-electron chi connectivity index (χ3n) is 6.34. The van der Waals surface area contributed by atoms with Crippen molar-refractivity contribution in [3.63, 3.8) is 0 Å². The average Bonchev–Trinajstić information content (AvgIpc) is 3.52. The molecule has 0 saturated heterocycles. The minimum absolute atomic E-state index is 0.0911. The van der Waals surface area contributed by atoms with Crippen LogP contribution in [0.2, 0.25) is 5.02 Å². The SMILES string of the molecule is CCOC(=O)C1=C(c2ccccc2)N=c2s/c(=C/c3cc4c(cc3Cl)OCO4)c(=O)n2C1c1ccc(F)cc1. The van der Waals surface area contributed by atoms with Crippen LogP contribution in [0.1, 0.15) is 29.7 Å². The number of nitrogens with zero attached hydrogens (tertiary/aromatic N) is 2. The molecular weight excluding hydrogens is 543 g/mol. The first-order valence-electron chi connectivity index (χ1n) is 12.1. The molecule has 0 fully saturated rings. The summed E-state index contributed by atoms with van der Waals surface area (Å²) < 4.78 is 32.0. The number of hydrogen-bond acceptors (Lipinski definition) is 7. The molecule has 196 valence electrons. The number of esters is 1. The standard InChI is InChI=1S/C29H20ClFN2O5S/c1-2-36-28(35)24-25(16-6-4-3-5-7-16)32-29-33(26(24)17-8-10-19(31)11-9-17)27(34)23(39-29)13-18-12-21-22(14-20(18)30)38-15-37-21/h3-14,26H,2,15H2,1H3/b23-13+. The Labute approximate surface area is 230 Å². The van der Waals surface area contributed by atoms with Gasteiger partial charge in [-0.3, -0.25) is 9.36 Å². The average molecular weight is 563 g/mol. The molecule has 0 radical (unpaired) electrons. The van der Waals surface area contributed by atoms with Crippen LogP contribution < -0.4 is 24.4 Å². The van der Waals surface area contributed by atoms with Crippen LogP contribution in [-0.4, -0.2) is 23.9 Å². The van der Waals surface area contributed by atoms with Crippen molar-refractivity contribution in [2.45, 2.75) is 13.0 Å². The van der Waals surface area contributed by atoms with Gasteiger partial charge >= 0.3 is 5.97 Å². The number of carbonyl (C=O) groups is 1. The lowest BCUT2D eigenvalue weighted by Gasteiger charge is -2.25. The highest BCUT2D eigenvalue weighted by Crippen LogP contribution is 2.37. The number of fused-ring (bicyclic) bond motifs is 2. The molecule has 10 heteroatoms. The summed E-state index contributed by atoms with van der Waals surface area (Å²) in [6, 6.07) is 17.3. The van der Waals surface area contributed by atoms with Gasteiger partial charge in [-0.05, 0) is 42.3 Å². The van der Waals surface area contributed by atoms with Crippen molar-refractivity contribution in [1.29, 1.82) is 0 Å². The lowest BCUT2D eigenvalue weighted by molar-refractivity contribution is -0.138. The molecule has 0 spiro atoms. The Kier molecular flexibility index (Phi) is 6.54. The zero-order valence-corrected chi connectivity index (χ0v) is 22.1. The minimum atomic E-state index is -0.898. The number of hydrogen-bond donors (Lipinski definition) is 0. The predicted molar refractivity (Wildman–Crippen MR) is 145 cm³/mol. The van der Waals surface area contributed by atoms with Gasteiger partial charge in [0.05, 0.1) is 33.5 Å². The minimum Gasteiger partial charge on any atom is -0.463 e. The Morgan fingerprint density at radius 3 is 2.59 bits per heavy atom. The lowest BCUT2D eigenvalue weighted by Crippen LogP contribution is -2.40. The van der Waals surface area contributed by atoms with E-state index < -0.39 is 17.8 Å². The van der Waals surface area contributed by atoms with Crippen LogP contribution in [0, 0.1) is 5.82 Å². The Hall–Kier alpha value is -4.21. The molecule has 2 aliphatic heterocycles. The maximum absolute atomic E-state index is 13.9. The zero-order valence-electron chi connectivity index (χ0n) is 20.5. The zero-order chi connectivity index (χ0) is 27.1. The van der Waals surface area contributed by atoms with E-state index in [1.807, 2.05) is 30.3 Å². The molecule has 0 bridgehead atoms. The van der Waals surface area contributed by atoms with Gasteiger partial charge in [0, 0.05) is 11.6 Å². The molecule has 6 rings (SSSR count). The third kappa shape index (κ3) is 4.53. The Morgan fingerprint density at radius 1 is 1.15 bits per heavy atom. The Bertz CT molecular complexity index is 1810. The van der Waals surface area contributed by atoms with E-state index in [2.05, 4.69) is 0 Å². The second kappa shape index (κ2) is 10.2. The van der Waals surface area contributed by atoms with Crippen molar-refractivity contribution < 1.29 is 23.4 Å². The van der Waals surface area contributed by atoms with Crippen LogP contribution in [0.5, 0.6) is 11.5 Å². The number of carbonyl (C=O) groups excluding carboxylic acids is 1. The summed E-state index contributed by atoms with van der Waals surface area (Å²) in [5, 5.41) is 0.386. The number of aromatic nitrogens is 1. The Balaban J connectivity index is 1.63. The van der Waals surface area contributed by atoms with Gasteiger partial charge in [-0.25, -0.2) is 14.2 Å². The van der Waals surface area contributed by atoms with Crippen LogP contribution in [0.4, 0.5) is 4.39 Å². The van der Waals surface area contributed by atoms with Gasteiger partial charge in [0.2, 0.25) is 6.79 Å². The summed E-state index contributed by atoms with van der Waals surface area (Å²) in [5.41, 5.74) is 1.99. The monoisotopic (exact) mass is 562 g/mol. The highest BCUT2D eigenvalue weighted by atomic mass is 35.5. The molecular formula is C29H20ClFN2O5S. The lowest BCUT2D eigenvalue weighted by atomic mass is 9.93. The summed E-state index contributed by atoms with van der Waals surface area (Å²) in [4.78, 5) is 32.5. The Morgan fingerprint density at radius 2 is 1.87 bits per heavy atom. The predicted octanol–water partition coefficient (Wildman–Crippen LogP) is 4.46. The third-order valence-corrected chi connectivity index (χ3v) is 7.65. The van der Waals surface area contributed by atoms with Gasteiger partial charge < -0.3 is 14.2 Å². The van der Waals surface area contributed by atoms with E-state index in [0.717, 1.165) is 11.3 Å². The summed E-state index contributed by atoms with van der Waals surface area (Å²) >= 11 is 7.64. The molecule has 3 heterocycles. The molecule has 7 nitrogen and oxygen atoms in total. The summed E-state index contributed by atoms with van der Waals surface area (Å²) in [7, 11) is 0. The van der Waals surface area contributed by atoms with Crippen molar-refractivity contribution in [2.75, 3.05) is 13.4 Å². The van der Waals surface area contributed by atoms with E-state index in [1.165, 1.54) is 16.7 Å². The maximum atomic E-state index is 13.9. The summed E-state index contributed by atoms with van der Waals surface area (Å²) in [5.74, 6) is 0.0103. The van der Waals surface area contributed by atoms with Gasteiger partial charge in [-0.1, -0.05) is 65.4 Å². The molecule has 0 saturated carbocycles. The molecule has 1 atom stereocenters. The smallest absolute Gasteiger partial charge is 0.338 e. The molecule has 1 unspecified atom stereocenters. The number of rotatable bonds is 5. The first-order valence-corrected chi connectivity index (χ1v) is 13.3. The van der Waals surface area contributed by atoms with Gasteiger partial charge in [-0.15, -0.1) is 0 Å². The summed E-state index contributed by atoms with van der Waals surface area (Å²) in [6.07, 6.45) is 1.66. The van der Waals surface area contributed by atoms with Gasteiger partial charge in [0.1, 0.15) is 5.82 Å². The van der Waals surface area contributed by atoms with Crippen molar-refractivity contribution in [3.8, 4) is 11.5 Å². The van der Waals surface area contributed by atoms with E-state index in [0.29, 0.717) is 48.2 Å². The van der Waals surface area contributed by atoms with E-state index >= 15 is 0 Å². The van der Waals surface area contributed by atoms with Gasteiger partial charge in [0.15, 0.2) is 16.3 Å². The molecule has 0 aliphatic carbocycles. The van der Waals surface area contributed by atoms with Crippen molar-refractivity contribution in [2.24, 2.45) is 4.99 Å². The second-order valence-corrected chi connectivity index (χ2v) is 10.1. The van der Waals surface area contributed by atoms with E-state index in [4.69, 9.17) is 30.8 Å². The normalized spacial score (nSPS) is 16.2. The second-order valence-electron chi connectivity index (χ2n) is 8.71. The van der Waals surface area contributed by atoms with Gasteiger partial charge in [0.25, 0.3) is 5.56 Å². The van der Waals surface area contributed by atoms with E-state index in [-0.39, 0.29) is 24.5 Å². The molecule has 2 aliphatic rings. The van der Waals surface area contributed by atoms with Crippen LogP contribution in [0.25, 0.3) is 11.8 Å². The van der Waals surface area contributed by atoms with E-state index in [1.54, 1.807) is 37.3 Å². The fourth-order valence-electron chi connectivity index (χ4n) is 4.59. The summed E-state index contributed by atoms with van der Waals surface area (Å²) in [6.45, 7) is 1.93. The molecule has 0 amide bonds. The van der Waals surface area contributed by atoms with Gasteiger partial charge in [-0.2, -0.15) is 0 Å². The first-order chi connectivity index (χ1) is 18.9. The van der Waals surface area contributed by atoms with Crippen LogP contribution >= 0.6 is 22.9 Å². The molecule has 3 aromatic carbocycles. The number of halogens is 2. The molecule has 4 aromatic rings. The van der Waals surface area contributed by atoms with Crippen LogP contribution in [0.3, 0.4) is 0 Å². The molecule has 0 N–H and O–H groups in total. The van der Waals surface area contributed by atoms with E-state index in [9.17, 15) is 14.0 Å². The van der Waals surface area contributed by atoms with Crippen LogP contribution in [-0.2, 0) is 9.53 Å².